The third kappa shape index (κ3) is 0.795. The fourth-order valence-corrected chi connectivity index (χ4v) is 1.14. The molecule has 5 heteroatoms. The Balaban J connectivity index is 2.92. The second kappa shape index (κ2) is 2.10. The van der Waals surface area contributed by atoms with Gasteiger partial charge in [-0.3, -0.25) is 0 Å². The Labute approximate surface area is 68.5 Å². The number of anilines is 1. The summed E-state index contributed by atoms with van der Waals surface area (Å²) in [5.74, 6) is 0.0138. The molecule has 0 saturated heterocycles. The van der Waals surface area contributed by atoms with Gasteiger partial charge in [0.2, 0.25) is 11.8 Å². The van der Waals surface area contributed by atoms with E-state index in [1.165, 1.54) is 0 Å². The molecule has 0 saturated carbocycles. The normalized spacial score (nSPS) is 10.8. The molecule has 2 aromatic heterocycles. The fraction of sp³-hybridized carbons (Fsp3) is 0.143. The van der Waals surface area contributed by atoms with E-state index in [0.717, 1.165) is 0 Å². The van der Waals surface area contributed by atoms with Crippen molar-refractivity contribution in [3.8, 4) is 5.88 Å². The third-order valence-corrected chi connectivity index (χ3v) is 1.72. The number of nitrogens with two attached hydrogens (primary N) is 1. The molecule has 62 valence electrons. The lowest BCUT2D eigenvalue weighted by Crippen LogP contribution is -1.96. The predicted octanol–water partition coefficient (Wildman–Crippen LogP) is 0.256. The highest BCUT2D eigenvalue weighted by atomic mass is 16.3. The highest BCUT2D eigenvalue weighted by Gasteiger charge is 2.06. The van der Waals surface area contributed by atoms with Crippen LogP contribution in [0.25, 0.3) is 11.0 Å². The van der Waals surface area contributed by atoms with Crippen LogP contribution < -0.4 is 5.73 Å². The smallest absolute Gasteiger partial charge is 0.225 e. The molecule has 0 radical (unpaired) electrons. The Morgan fingerprint density at radius 3 is 3.00 bits per heavy atom. The maximum Gasteiger partial charge on any atom is 0.225 e. The lowest BCUT2D eigenvalue weighted by molar-refractivity contribution is 0.460. The third-order valence-electron chi connectivity index (χ3n) is 1.72. The largest absolute Gasteiger partial charge is 0.493 e. The van der Waals surface area contributed by atoms with Crippen molar-refractivity contribution in [3.05, 3.63) is 12.3 Å². The molecule has 0 aliphatic heterocycles. The van der Waals surface area contributed by atoms with E-state index >= 15 is 0 Å². The first-order chi connectivity index (χ1) is 5.68. The van der Waals surface area contributed by atoms with Crippen molar-refractivity contribution < 1.29 is 5.11 Å². The van der Waals surface area contributed by atoms with E-state index < -0.39 is 0 Å². The van der Waals surface area contributed by atoms with Crippen LogP contribution in [0.3, 0.4) is 0 Å². The van der Waals surface area contributed by atoms with Gasteiger partial charge in [-0.15, -0.1) is 0 Å². The zero-order valence-electron chi connectivity index (χ0n) is 6.52. The first-order valence-corrected chi connectivity index (χ1v) is 3.46. The zero-order valence-corrected chi connectivity index (χ0v) is 6.52. The molecule has 0 aromatic carbocycles. The van der Waals surface area contributed by atoms with Crippen LogP contribution in [0.15, 0.2) is 12.3 Å². The van der Waals surface area contributed by atoms with Crippen molar-refractivity contribution in [2.24, 2.45) is 7.05 Å². The lowest BCUT2D eigenvalue weighted by Gasteiger charge is -1.97. The van der Waals surface area contributed by atoms with Crippen LogP contribution in [-0.4, -0.2) is 19.6 Å². The summed E-state index contributed by atoms with van der Waals surface area (Å²) in [5, 5.41) is 9.94. The number of aromatic nitrogens is 3. The summed E-state index contributed by atoms with van der Waals surface area (Å²) in [6, 6.07) is 1.74. The van der Waals surface area contributed by atoms with Crippen molar-refractivity contribution >= 4 is 17.0 Å². The van der Waals surface area contributed by atoms with E-state index in [-0.39, 0.29) is 11.8 Å². The molecule has 0 unspecified atom stereocenters. The molecule has 12 heavy (non-hydrogen) atoms. The molecule has 5 nitrogen and oxygen atoms in total. The van der Waals surface area contributed by atoms with Crippen LogP contribution in [0.2, 0.25) is 0 Å². The average molecular weight is 164 g/mol. The van der Waals surface area contributed by atoms with Crippen molar-refractivity contribution in [1.82, 2.24) is 14.5 Å². The second-order valence-corrected chi connectivity index (χ2v) is 2.57. The number of rotatable bonds is 0. The highest BCUT2D eigenvalue weighted by molar-refractivity contribution is 5.81. The molecule has 0 aliphatic carbocycles. The van der Waals surface area contributed by atoms with Gasteiger partial charge in [0.1, 0.15) is 5.65 Å². The first kappa shape index (κ1) is 6.90. The van der Waals surface area contributed by atoms with E-state index in [2.05, 4.69) is 9.97 Å². The standard InChI is InChI=1S/C7H8N4O/c1-11-3-2-4-5(11)9-7(8)10-6(4)12/h2-3H,1H3,(H3,8,9,10,12). The van der Waals surface area contributed by atoms with Crippen molar-refractivity contribution in [2.45, 2.75) is 0 Å². The second-order valence-electron chi connectivity index (χ2n) is 2.57. The summed E-state index contributed by atoms with van der Waals surface area (Å²) in [7, 11) is 1.83. The zero-order chi connectivity index (χ0) is 8.72. The van der Waals surface area contributed by atoms with Gasteiger partial charge in [0.25, 0.3) is 0 Å². The predicted molar refractivity (Wildman–Crippen MR) is 44.6 cm³/mol. The Hall–Kier alpha value is -1.78. The molecular weight excluding hydrogens is 156 g/mol. The highest BCUT2D eigenvalue weighted by Crippen LogP contribution is 2.21. The van der Waals surface area contributed by atoms with Gasteiger partial charge in [0.05, 0.1) is 5.39 Å². The molecule has 2 rings (SSSR count). The quantitative estimate of drug-likeness (QED) is 0.585. The number of nitrogen functional groups attached to an aromatic ring is 1. The average Bonchev–Trinajstić information content (AvgIpc) is 2.33. The Morgan fingerprint density at radius 1 is 1.50 bits per heavy atom. The van der Waals surface area contributed by atoms with Gasteiger partial charge < -0.3 is 15.4 Å². The molecule has 0 fully saturated rings. The van der Waals surface area contributed by atoms with Gasteiger partial charge >= 0.3 is 0 Å². The van der Waals surface area contributed by atoms with E-state index in [1.54, 1.807) is 16.8 Å². The molecule has 0 amide bonds. The van der Waals surface area contributed by atoms with E-state index in [9.17, 15) is 5.11 Å². The summed E-state index contributed by atoms with van der Waals surface area (Å²) in [5.41, 5.74) is 6.00. The number of aromatic hydroxyl groups is 1. The number of hydrogen-bond acceptors (Lipinski definition) is 4. The van der Waals surface area contributed by atoms with Gasteiger partial charge in [0, 0.05) is 13.2 Å². The van der Waals surface area contributed by atoms with Gasteiger partial charge in [0.15, 0.2) is 0 Å². The van der Waals surface area contributed by atoms with Crippen LogP contribution in [0, 0.1) is 0 Å². The lowest BCUT2D eigenvalue weighted by atomic mass is 10.4. The van der Waals surface area contributed by atoms with Crippen molar-refractivity contribution in [3.63, 3.8) is 0 Å². The maximum absolute atomic E-state index is 9.32. The van der Waals surface area contributed by atoms with Crippen LogP contribution in [-0.2, 0) is 7.05 Å². The SMILES string of the molecule is Cn1ccc2c(O)nc(N)nc21. The maximum atomic E-state index is 9.32. The first-order valence-electron chi connectivity index (χ1n) is 3.46. The molecule has 0 spiro atoms. The summed E-state index contributed by atoms with van der Waals surface area (Å²) in [6.07, 6.45) is 1.79. The molecule has 2 aromatic rings. The Bertz CT molecular complexity index is 434. The number of nitrogens with zero attached hydrogens (tertiary/aromatic N) is 3. The Kier molecular flexibility index (Phi) is 1.21. The van der Waals surface area contributed by atoms with Crippen LogP contribution in [0.1, 0.15) is 0 Å². The number of hydrogen-bond donors (Lipinski definition) is 2. The van der Waals surface area contributed by atoms with Crippen LogP contribution in [0.4, 0.5) is 5.95 Å². The van der Waals surface area contributed by atoms with Gasteiger partial charge in [-0.25, -0.2) is 0 Å². The van der Waals surface area contributed by atoms with Gasteiger partial charge in [-0.2, -0.15) is 9.97 Å². The minimum atomic E-state index is -0.0712. The fourth-order valence-electron chi connectivity index (χ4n) is 1.14. The monoisotopic (exact) mass is 164 g/mol. The van der Waals surface area contributed by atoms with E-state index in [1.807, 2.05) is 7.05 Å². The van der Waals surface area contributed by atoms with E-state index in [4.69, 9.17) is 5.73 Å². The Morgan fingerprint density at radius 2 is 2.25 bits per heavy atom. The molecule has 0 bridgehead atoms. The number of aryl methyl sites for hydroxylation is 1. The summed E-state index contributed by atoms with van der Waals surface area (Å²) >= 11 is 0. The topological polar surface area (TPSA) is 77.0 Å². The molecule has 3 N–H and O–H groups in total. The summed E-state index contributed by atoms with van der Waals surface area (Å²) in [6.45, 7) is 0. The molecular formula is C7H8N4O. The summed E-state index contributed by atoms with van der Waals surface area (Å²) < 4.78 is 1.77. The van der Waals surface area contributed by atoms with Gasteiger partial charge in [-0.1, -0.05) is 0 Å². The number of fused-ring (bicyclic) bond motifs is 1. The minimum Gasteiger partial charge on any atom is -0.493 e. The van der Waals surface area contributed by atoms with Crippen molar-refractivity contribution in [2.75, 3.05) is 5.73 Å². The van der Waals surface area contributed by atoms with Crippen LogP contribution in [0.5, 0.6) is 5.88 Å². The molecule has 0 aliphatic rings. The minimum absolute atomic E-state index is 0.0712. The molecule has 0 atom stereocenters. The molecule has 2 heterocycles. The van der Waals surface area contributed by atoms with Crippen molar-refractivity contribution in [1.29, 1.82) is 0 Å². The van der Waals surface area contributed by atoms with E-state index in [0.29, 0.717) is 11.0 Å². The summed E-state index contributed by atoms with van der Waals surface area (Å²) in [4.78, 5) is 7.59. The van der Waals surface area contributed by atoms with Crippen LogP contribution >= 0.6 is 0 Å². The van der Waals surface area contributed by atoms with Gasteiger partial charge in [-0.05, 0) is 6.07 Å².